The Kier molecular flexibility index (Phi) is 8.86. The predicted molar refractivity (Wildman–Crippen MR) is 174 cm³/mol. The van der Waals surface area contributed by atoms with Crippen molar-refractivity contribution in [3.8, 4) is 11.5 Å². The Balaban J connectivity index is 1.33. The van der Waals surface area contributed by atoms with E-state index in [0.717, 1.165) is 16.9 Å². The summed E-state index contributed by atoms with van der Waals surface area (Å²) in [6, 6.07) is 32.2. The molecule has 44 heavy (non-hydrogen) atoms. The molecule has 1 aliphatic heterocycles. The summed E-state index contributed by atoms with van der Waals surface area (Å²) in [5.74, 6) is 2.23. The number of aromatic nitrogens is 3. The predicted octanol–water partition coefficient (Wildman–Crippen LogP) is 7.74. The number of anilines is 2. The van der Waals surface area contributed by atoms with Crippen LogP contribution >= 0.6 is 23.4 Å². The van der Waals surface area contributed by atoms with Crippen LogP contribution < -0.4 is 20.1 Å². The van der Waals surface area contributed by atoms with Gasteiger partial charge in [0.2, 0.25) is 11.1 Å². The number of carbonyl (C=O) groups excluding carboxylic acids is 1. The van der Waals surface area contributed by atoms with Crippen LogP contribution in [0.5, 0.6) is 11.5 Å². The second kappa shape index (κ2) is 13.3. The zero-order valence-corrected chi connectivity index (χ0v) is 25.7. The first-order chi connectivity index (χ1) is 21.5. The van der Waals surface area contributed by atoms with E-state index in [-0.39, 0.29) is 5.91 Å². The van der Waals surface area contributed by atoms with Crippen molar-refractivity contribution in [2.24, 2.45) is 0 Å². The van der Waals surface area contributed by atoms with Crippen LogP contribution in [0.4, 0.5) is 11.6 Å². The first-order valence-corrected chi connectivity index (χ1v) is 15.4. The Bertz CT molecular complexity index is 1810. The second-order valence-electron chi connectivity index (χ2n) is 10.1. The number of fused-ring (bicyclic) bond motifs is 1. The van der Waals surface area contributed by atoms with Gasteiger partial charge in [0, 0.05) is 16.5 Å². The number of benzene rings is 4. The number of nitrogens with zero attached hydrogens (tertiary/aromatic N) is 3. The maximum atomic E-state index is 14.0. The van der Waals surface area contributed by atoms with Crippen molar-refractivity contribution in [1.29, 1.82) is 0 Å². The summed E-state index contributed by atoms with van der Waals surface area (Å²) in [6.07, 6.45) is 0. The summed E-state index contributed by atoms with van der Waals surface area (Å²) >= 11 is 7.58. The number of hydrogen-bond donors (Lipinski definition) is 2. The highest BCUT2D eigenvalue weighted by molar-refractivity contribution is 7.98. The van der Waals surface area contributed by atoms with E-state index in [0.29, 0.717) is 51.2 Å². The monoisotopic (exact) mass is 623 g/mol. The summed E-state index contributed by atoms with van der Waals surface area (Å²) < 4.78 is 13.4. The molecule has 4 aromatic carbocycles. The van der Waals surface area contributed by atoms with E-state index in [1.807, 2.05) is 91.9 Å². The minimum Gasteiger partial charge on any atom is -0.495 e. The van der Waals surface area contributed by atoms with E-state index < -0.39 is 6.04 Å². The molecular weight excluding hydrogens is 594 g/mol. The standard InChI is InChI=1S/C34H30ClN5O3S/c1-22-30(32(41)37-28-13-6-7-14-29(28)42-2)31(25-11-8-12-27(19-25)43-20-23-15-17-26(35)18-16-23)40-33(36-22)38-34(39-40)44-21-24-9-4-3-5-10-24/h3-19,31H,20-21H2,1-2H3,(H,37,41)(H,36,38,39). The van der Waals surface area contributed by atoms with Crippen molar-refractivity contribution < 1.29 is 14.3 Å². The average molecular weight is 624 g/mol. The summed E-state index contributed by atoms with van der Waals surface area (Å²) in [5, 5.41) is 12.5. The van der Waals surface area contributed by atoms with Crippen LogP contribution in [0.2, 0.25) is 5.02 Å². The first kappa shape index (κ1) is 29.3. The largest absolute Gasteiger partial charge is 0.495 e. The van der Waals surface area contributed by atoms with Gasteiger partial charge in [0.25, 0.3) is 5.91 Å². The highest BCUT2D eigenvalue weighted by Gasteiger charge is 2.35. The Morgan fingerprint density at radius 2 is 1.75 bits per heavy atom. The molecule has 2 N–H and O–H groups in total. The first-order valence-electron chi connectivity index (χ1n) is 14.0. The van der Waals surface area contributed by atoms with Gasteiger partial charge in [0.05, 0.1) is 18.4 Å². The van der Waals surface area contributed by atoms with E-state index in [9.17, 15) is 4.79 Å². The zero-order valence-electron chi connectivity index (χ0n) is 24.2. The number of methoxy groups -OCH3 is 1. The van der Waals surface area contributed by atoms with Gasteiger partial charge in [0.1, 0.15) is 24.1 Å². The quantitative estimate of drug-likeness (QED) is 0.154. The summed E-state index contributed by atoms with van der Waals surface area (Å²) in [6.45, 7) is 2.25. The fourth-order valence-corrected chi connectivity index (χ4v) is 5.89. The van der Waals surface area contributed by atoms with Crippen molar-refractivity contribution in [3.63, 3.8) is 0 Å². The molecule has 5 aromatic rings. The lowest BCUT2D eigenvalue weighted by Gasteiger charge is -2.29. The molecular formula is C34H30ClN5O3S. The molecule has 0 saturated heterocycles. The van der Waals surface area contributed by atoms with Gasteiger partial charge < -0.3 is 20.1 Å². The highest BCUT2D eigenvalue weighted by atomic mass is 35.5. The molecule has 8 nitrogen and oxygen atoms in total. The molecule has 0 spiro atoms. The van der Waals surface area contributed by atoms with Crippen LogP contribution in [-0.2, 0) is 17.2 Å². The van der Waals surface area contributed by atoms with Crippen molar-refractivity contribution >= 4 is 40.9 Å². The lowest BCUT2D eigenvalue weighted by atomic mass is 9.94. The number of allylic oxidation sites excluding steroid dienone is 1. The van der Waals surface area contributed by atoms with Crippen LogP contribution in [0.15, 0.2) is 120 Å². The van der Waals surface area contributed by atoms with E-state index in [1.165, 1.54) is 17.3 Å². The van der Waals surface area contributed by atoms with Gasteiger partial charge in [-0.15, -0.1) is 5.10 Å². The Hall–Kier alpha value is -4.73. The summed E-state index contributed by atoms with van der Waals surface area (Å²) in [5.41, 5.74) is 4.74. The number of amides is 1. The number of carbonyl (C=O) groups is 1. The molecule has 1 aromatic heterocycles. The van der Waals surface area contributed by atoms with E-state index in [4.69, 9.17) is 31.2 Å². The van der Waals surface area contributed by atoms with Crippen LogP contribution in [0.25, 0.3) is 0 Å². The third kappa shape index (κ3) is 6.59. The van der Waals surface area contributed by atoms with Crippen molar-refractivity contribution in [3.05, 3.63) is 136 Å². The Labute approximate surface area is 265 Å². The Morgan fingerprint density at radius 1 is 0.977 bits per heavy atom. The number of ether oxygens (including phenoxy) is 2. The number of hydrogen-bond acceptors (Lipinski definition) is 7. The lowest BCUT2D eigenvalue weighted by molar-refractivity contribution is -0.113. The molecule has 2 heterocycles. The minimum atomic E-state index is -0.571. The molecule has 0 bridgehead atoms. The normalized spacial score (nSPS) is 14.0. The van der Waals surface area contributed by atoms with Gasteiger partial charge in [-0.05, 0) is 60.0 Å². The van der Waals surface area contributed by atoms with Gasteiger partial charge in [0.15, 0.2) is 0 Å². The topological polar surface area (TPSA) is 90.3 Å². The highest BCUT2D eigenvalue weighted by Crippen LogP contribution is 2.38. The van der Waals surface area contributed by atoms with Crippen LogP contribution in [-0.4, -0.2) is 27.8 Å². The van der Waals surface area contributed by atoms with E-state index in [1.54, 1.807) is 17.9 Å². The lowest BCUT2D eigenvalue weighted by Crippen LogP contribution is -2.31. The molecule has 0 saturated carbocycles. The van der Waals surface area contributed by atoms with Crippen LogP contribution in [0, 0.1) is 0 Å². The maximum absolute atomic E-state index is 14.0. The molecule has 1 atom stereocenters. The van der Waals surface area contributed by atoms with E-state index in [2.05, 4.69) is 22.8 Å². The van der Waals surface area contributed by atoms with Gasteiger partial charge in [-0.3, -0.25) is 4.79 Å². The molecule has 1 aliphatic rings. The summed E-state index contributed by atoms with van der Waals surface area (Å²) in [7, 11) is 1.58. The summed E-state index contributed by atoms with van der Waals surface area (Å²) in [4.78, 5) is 18.8. The molecule has 1 unspecified atom stereocenters. The molecule has 0 fully saturated rings. The number of para-hydroxylation sites is 2. The zero-order chi connectivity index (χ0) is 30.5. The van der Waals surface area contributed by atoms with Crippen LogP contribution in [0.1, 0.15) is 29.7 Å². The van der Waals surface area contributed by atoms with Gasteiger partial charge in [-0.2, -0.15) is 4.98 Å². The number of thioether (sulfide) groups is 1. The van der Waals surface area contributed by atoms with Gasteiger partial charge in [-0.1, -0.05) is 90.1 Å². The second-order valence-corrected chi connectivity index (χ2v) is 11.5. The minimum absolute atomic E-state index is 0.281. The van der Waals surface area contributed by atoms with Crippen LogP contribution in [0.3, 0.4) is 0 Å². The molecule has 222 valence electrons. The Morgan fingerprint density at radius 3 is 2.55 bits per heavy atom. The molecule has 10 heteroatoms. The van der Waals surface area contributed by atoms with Crippen molar-refractivity contribution in [2.75, 3.05) is 17.7 Å². The molecule has 0 radical (unpaired) electrons. The van der Waals surface area contributed by atoms with Crippen molar-refractivity contribution in [2.45, 2.75) is 30.5 Å². The molecule has 0 aliphatic carbocycles. The van der Waals surface area contributed by atoms with Gasteiger partial charge in [-0.25, -0.2) is 4.68 Å². The van der Waals surface area contributed by atoms with E-state index >= 15 is 0 Å². The fraction of sp³-hybridized carbons (Fsp3) is 0.147. The molecule has 6 rings (SSSR count). The SMILES string of the molecule is COc1ccccc1NC(=O)C1=C(C)Nc2nc(SCc3ccccc3)nn2C1c1cccc(OCc2ccc(Cl)cc2)c1. The number of rotatable bonds is 10. The smallest absolute Gasteiger partial charge is 0.255 e. The third-order valence-corrected chi connectivity index (χ3v) is 8.30. The fourth-order valence-electron chi connectivity index (χ4n) is 4.98. The maximum Gasteiger partial charge on any atom is 0.255 e. The van der Waals surface area contributed by atoms with Crippen molar-refractivity contribution in [1.82, 2.24) is 14.8 Å². The molecule has 1 amide bonds. The third-order valence-electron chi connectivity index (χ3n) is 7.14. The number of nitrogens with one attached hydrogen (secondary N) is 2. The number of halogens is 1. The van der Waals surface area contributed by atoms with Gasteiger partial charge >= 0.3 is 0 Å². The average Bonchev–Trinajstić information content (AvgIpc) is 3.46.